The standard InChI is InChI=1S/C14H16N2O2/c1-9-4-5-12(6-10(9)2)14(17)15-7-13-11(3)16-8-18-13/h4-6,8H,7H2,1-3H3,(H,15,17). The van der Waals surface area contributed by atoms with Crippen LogP contribution in [0, 0.1) is 20.8 Å². The number of nitrogens with one attached hydrogen (secondary N) is 1. The molecule has 4 heteroatoms. The smallest absolute Gasteiger partial charge is 0.251 e. The molecule has 94 valence electrons. The Labute approximate surface area is 106 Å². The summed E-state index contributed by atoms with van der Waals surface area (Å²) in [5.41, 5.74) is 3.75. The topological polar surface area (TPSA) is 55.1 Å². The maximum absolute atomic E-state index is 11.9. The van der Waals surface area contributed by atoms with Gasteiger partial charge in [0.2, 0.25) is 0 Å². The number of hydrogen-bond acceptors (Lipinski definition) is 3. The molecule has 1 amide bonds. The lowest BCUT2D eigenvalue weighted by Gasteiger charge is -2.06. The second-order valence-corrected chi connectivity index (χ2v) is 4.34. The van der Waals surface area contributed by atoms with E-state index < -0.39 is 0 Å². The average molecular weight is 244 g/mol. The summed E-state index contributed by atoms with van der Waals surface area (Å²) in [7, 11) is 0. The zero-order valence-corrected chi connectivity index (χ0v) is 10.8. The molecular weight excluding hydrogens is 228 g/mol. The van der Waals surface area contributed by atoms with E-state index in [9.17, 15) is 4.79 Å². The molecular formula is C14H16N2O2. The zero-order chi connectivity index (χ0) is 13.1. The number of aromatic nitrogens is 1. The Morgan fingerprint density at radius 1 is 1.28 bits per heavy atom. The molecule has 0 saturated carbocycles. The first-order chi connectivity index (χ1) is 8.58. The van der Waals surface area contributed by atoms with Gasteiger partial charge in [0.15, 0.2) is 6.39 Å². The van der Waals surface area contributed by atoms with Crippen molar-refractivity contribution >= 4 is 5.91 Å². The number of oxazole rings is 1. The third kappa shape index (κ3) is 2.59. The van der Waals surface area contributed by atoms with Crippen LogP contribution in [0.15, 0.2) is 29.0 Å². The van der Waals surface area contributed by atoms with E-state index in [2.05, 4.69) is 10.3 Å². The normalized spacial score (nSPS) is 10.4. The Hall–Kier alpha value is -2.10. The highest BCUT2D eigenvalue weighted by Gasteiger charge is 2.09. The van der Waals surface area contributed by atoms with Crippen molar-refractivity contribution in [3.8, 4) is 0 Å². The number of nitrogens with zero attached hydrogens (tertiary/aromatic N) is 1. The summed E-state index contributed by atoms with van der Waals surface area (Å²) in [5.74, 6) is 0.584. The van der Waals surface area contributed by atoms with Crippen LogP contribution in [0.4, 0.5) is 0 Å². The lowest BCUT2D eigenvalue weighted by molar-refractivity contribution is 0.0948. The van der Waals surface area contributed by atoms with Crippen molar-refractivity contribution in [2.75, 3.05) is 0 Å². The molecule has 2 rings (SSSR count). The number of amides is 1. The van der Waals surface area contributed by atoms with Crippen molar-refractivity contribution in [2.24, 2.45) is 0 Å². The van der Waals surface area contributed by atoms with Gasteiger partial charge in [0.1, 0.15) is 5.76 Å². The van der Waals surface area contributed by atoms with Gasteiger partial charge >= 0.3 is 0 Å². The molecule has 0 atom stereocenters. The minimum absolute atomic E-state index is 0.103. The third-order valence-corrected chi connectivity index (χ3v) is 3.02. The minimum atomic E-state index is -0.103. The minimum Gasteiger partial charge on any atom is -0.446 e. The van der Waals surface area contributed by atoms with Gasteiger partial charge in [-0.15, -0.1) is 0 Å². The van der Waals surface area contributed by atoms with Crippen LogP contribution in [0.1, 0.15) is 32.9 Å². The first-order valence-corrected chi connectivity index (χ1v) is 5.82. The Kier molecular flexibility index (Phi) is 3.46. The molecule has 0 bridgehead atoms. The van der Waals surface area contributed by atoms with E-state index in [0.717, 1.165) is 11.3 Å². The first kappa shape index (κ1) is 12.4. The Morgan fingerprint density at radius 3 is 2.67 bits per heavy atom. The number of hydrogen-bond donors (Lipinski definition) is 1. The molecule has 1 aromatic heterocycles. The van der Waals surface area contributed by atoms with Crippen LogP contribution in [0.3, 0.4) is 0 Å². The summed E-state index contributed by atoms with van der Waals surface area (Å²) >= 11 is 0. The maximum atomic E-state index is 11.9. The number of rotatable bonds is 3. The first-order valence-electron chi connectivity index (χ1n) is 5.82. The summed E-state index contributed by atoms with van der Waals surface area (Å²) in [5, 5.41) is 2.82. The van der Waals surface area contributed by atoms with Crippen molar-refractivity contribution in [3.05, 3.63) is 52.7 Å². The number of carbonyl (C=O) groups is 1. The van der Waals surface area contributed by atoms with E-state index in [1.807, 2.05) is 39.0 Å². The molecule has 0 unspecified atom stereocenters. The van der Waals surface area contributed by atoms with Crippen LogP contribution in [-0.2, 0) is 6.54 Å². The van der Waals surface area contributed by atoms with Crippen LogP contribution in [0.5, 0.6) is 0 Å². The second kappa shape index (κ2) is 5.04. The monoisotopic (exact) mass is 244 g/mol. The Morgan fingerprint density at radius 2 is 2.06 bits per heavy atom. The lowest BCUT2D eigenvalue weighted by atomic mass is 10.1. The van der Waals surface area contributed by atoms with Crippen molar-refractivity contribution < 1.29 is 9.21 Å². The van der Waals surface area contributed by atoms with Crippen molar-refractivity contribution in [3.63, 3.8) is 0 Å². The van der Waals surface area contributed by atoms with Crippen LogP contribution in [0.25, 0.3) is 0 Å². The predicted octanol–water partition coefficient (Wildman–Crippen LogP) is 2.53. The van der Waals surface area contributed by atoms with E-state index in [1.54, 1.807) is 0 Å². The molecule has 0 saturated heterocycles. The fraction of sp³-hybridized carbons (Fsp3) is 0.286. The largest absolute Gasteiger partial charge is 0.446 e. The van der Waals surface area contributed by atoms with E-state index in [-0.39, 0.29) is 5.91 Å². The van der Waals surface area contributed by atoms with E-state index >= 15 is 0 Å². The molecule has 0 radical (unpaired) electrons. The molecule has 0 aliphatic rings. The molecule has 0 aliphatic heterocycles. The molecule has 1 aromatic carbocycles. The van der Waals surface area contributed by atoms with Gasteiger partial charge in [0.25, 0.3) is 5.91 Å². The molecule has 0 aliphatic carbocycles. The molecule has 18 heavy (non-hydrogen) atoms. The highest BCUT2D eigenvalue weighted by molar-refractivity contribution is 5.94. The quantitative estimate of drug-likeness (QED) is 0.902. The Bertz CT molecular complexity index is 573. The second-order valence-electron chi connectivity index (χ2n) is 4.34. The molecule has 1 heterocycles. The summed E-state index contributed by atoms with van der Waals surface area (Å²) < 4.78 is 5.17. The van der Waals surface area contributed by atoms with Crippen molar-refractivity contribution in [2.45, 2.75) is 27.3 Å². The fourth-order valence-corrected chi connectivity index (χ4v) is 1.64. The molecule has 0 spiro atoms. The predicted molar refractivity (Wildman–Crippen MR) is 68.3 cm³/mol. The highest BCUT2D eigenvalue weighted by atomic mass is 16.3. The number of benzene rings is 1. The van der Waals surface area contributed by atoms with Gasteiger partial charge in [0, 0.05) is 5.56 Å². The van der Waals surface area contributed by atoms with E-state index in [4.69, 9.17) is 4.42 Å². The molecule has 2 aromatic rings. The summed E-state index contributed by atoms with van der Waals surface area (Å²) in [6.45, 7) is 6.22. The average Bonchev–Trinajstić information content (AvgIpc) is 2.75. The summed E-state index contributed by atoms with van der Waals surface area (Å²) in [4.78, 5) is 15.9. The van der Waals surface area contributed by atoms with Gasteiger partial charge in [0.05, 0.1) is 12.2 Å². The third-order valence-electron chi connectivity index (χ3n) is 3.02. The molecule has 1 N–H and O–H groups in total. The zero-order valence-electron chi connectivity index (χ0n) is 10.8. The van der Waals surface area contributed by atoms with Gasteiger partial charge < -0.3 is 9.73 Å². The number of carbonyl (C=O) groups excluding carboxylic acids is 1. The van der Waals surface area contributed by atoms with Gasteiger partial charge in [-0.3, -0.25) is 4.79 Å². The van der Waals surface area contributed by atoms with Gasteiger partial charge in [-0.1, -0.05) is 6.07 Å². The Balaban J connectivity index is 2.04. The maximum Gasteiger partial charge on any atom is 0.251 e. The van der Waals surface area contributed by atoms with Gasteiger partial charge in [-0.05, 0) is 44.0 Å². The van der Waals surface area contributed by atoms with Crippen molar-refractivity contribution in [1.82, 2.24) is 10.3 Å². The fourth-order valence-electron chi connectivity index (χ4n) is 1.64. The summed E-state index contributed by atoms with van der Waals surface area (Å²) in [6.07, 6.45) is 1.38. The van der Waals surface area contributed by atoms with E-state index in [1.165, 1.54) is 12.0 Å². The van der Waals surface area contributed by atoms with Crippen LogP contribution in [0.2, 0.25) is 0 Å². The van der Waals surface area contributed by atoms with Crippen molar-refractivity contribution in [1.29, 1.82) is 0 Å². The lowest BCUT2D eigenvalue weighted by Crippen LogP contribution is -2.23. The highest BCUT2D eigenvalue weighted by Crippen LogP contribution is 2.10. The number of aryl methyl sites for hydroxylation is 3. The van der Waals surface area contributed by atoms with Crippen LogP contribution < -0.4 is 5.32 Å². The van der Waals surface area contributed by atoms with Gasteiger partial charge in [-0.25, -0.2) is 4.98 Å². The van der Waals surface area contributed by atoms with Crippen LogP contribution in [-0.4, -0.2) is 10.9 Å². The molecule has 4 nitrogen and oxygen atoms in total. The summed E-state index contributed by atoms with van der Waals surface area (Å²) in [6, 6.07) is 5.66. The van der Waals surface area contributed by atoms with E-state index in [0.29, 0.717) is 17.9 Å². The molecule has 0 fully saturated rings. The van der Waals surface area contributed by atoms with Gasteiger partial charge in [-0.2, -0.15) is 0 Å². The SMILES string of the molecule is Cc1ccc(C(=O)NCc2ocnc2C)cc1C. The van der Waals surface area contributed by atoms with Crippen LogP contribution >= 0.6 is 0 Å².